The van der Waals surface area contributed by atoms with Crippen LogP contribution in [0.3, 0.4) is 0 Å². The lowest BCUT2D eigenvalue weighted by atomic mass is 9.99. The minimum atomic E-state index is -0.949. The molecule has 10 heteroatoms. The third-order valence-electron chi connectivity index (χ3n) is 7.85. The van der Waals surface area contributed by atoms with Gasteiger partial charge >= 0.3 is 0 Å². The van der Waals surface area contributed by atoms with Gasteiger partial charge in [-0.3, -0.25) is 14.6 Å². The van der Waals surface area contributed by atoms with E-state index >= 15 is 0 Å². The summed E-state index contributed by atoms with van der Waals surface area (Å²) in [6.45, 7) is 7.96. The minimum absolute atomic E-state index is 0. The summed E-state index contributed by atoms with van der Waals surface area (Å²) >= 11 is 12.6. The Morgan fingerprint density at radius 3 is 2.40 bits per heavy atom. The van der Waals surface area contributed by atoms with Crippen LogP contribution >= 0.6 is 23.2 Å². The highest BCUT2D eigenvalue weighted by atomic mass is 35.5. The number of hydrogen-bond acceptors (Lipinski definition) is 5. The lowest BCUT2D eigenvalue weighted by molar-refractivity contribution is 0.0690. The van der Waals surface area contributed by atoms with E-state index in [0.717, 1.165) is 69.3 Å². The summed E-state index contributed by atoms with van der Waals surface area (Å²) in [5, 5.41) is 3.88. The molecule has 0 bridgehead atoms. The lowest BCUT2D eigenvalue weighted by Crippen LogP contribution is -2.57. The number of carbonyl (C=O) groups is 1. The quantitative estimate of drug-likeness (QED) is 0.365. The van der Waals surface area contributed by atoms with Gasteiger partial charge in [0.25, 0.3) is 5.91 Å². The summed E-state index contributed by atoms with van der Waals surface area (Å²) in [6, 6.07) is 14.2. The first-order valence-corrected chi connectivity index (χ1v) is 14.4. The molecule has 3 heterocycles. The van der Waals surface area contributed by atoms with Gasteiger partial charge in [-0.1, -0.05) is 41.4 Å². The summed E-state index contributed by atoms with van der Waals surface area (Å²) < 4.78 is 26.6. The maximum atomic E-state index is 13.4. The summed E-state index contributed by atoms with van der Waals surface area (Å²) in [7, 11) is 0. The summed E-state index contributed by atoms with van der Waals surface area (Å²) in [5.41, 5.74) is 2.07. The number of pyridine rings is 1. The highest BCUT2D eigenvalue weighted by Gasteiger charge is 2.32. The van der Waals surface area contributed by atoms with Crippen molar-refractivity contribution >= 4 is 34.9 Å². The number of carbonyl (C=O) groups excluding carboxylic acids is 1. The molecule has 0 unspecified atom stereocenters. The highest BCUT2D eigenvalue weighted by Crippen LogP contribution is 2.29. The predicted octanol–water partition coefficient (Wildman–Crippen LogP) is 6.02. The van der Waals surface area contributed by atoms with Crippen LogP contribution in [0.2, 0.25) is 10.0 Å². The number of aromatic nitrogens is 1. The SMILES string of the molecule is C[C@H]1CN(c2ncc(C(=O)NCc3ccc(F)c(F)c3)cc2Cl)CCN1C1CCN(Cc2ccc(Cl)cc2)CC1.[HH]. The molecule has 0 radical (unpaired) electrons. The average molecular weight is 591 g/mol. The number of piperazine rings is 1. The first-order valence-electron chi connectivity index (χ1n) is 13.6. The molecule has 2 saturated heterocycles. The van der Waals surface area contributed by atoms with E-state index in [1.165, 1.54) is 17.8 Å². The number of piperidine rings is 1. The van der Waals surface area contributed by atoms with Crippen LogP contribution < -0.4 is 10.2 Å². The Hall–Kier alpha value is -2.78. The van der Waals surface area contributed by atoms with Crippen molar-refractivity contribution < 1.29 is 15.0 Å². The first-order chi connectivity index (χ1) is 19.3. The van der Waals surface area contributed by atoms with Crippen LogP contribution in [-0.4, -0.2) is 65.5 Å². The van der Waals surface area contributed by atoms with Crippen molar-refractivity contribution in [1.29, 1.82) is 0 Å². The number of hydrogen-bond donors (Lipinski definition) is 1. The smallest absolute Gasteiger partial charge is 0.253 e. The van der Waals surface area contributed by atoms with E-state index in [9.17, 15) is 13.6 Å². The Labute approximate surface area is 245 Å². The second-order valence-corrected chi connectivity index (χ2v) is 11.5. The topological polar surface area (TPSA) is 51.7 Å². The fraction of sp³-hybridized carbons (Fsp3) is 0.400. The molecule has 1 atom stereocenters. The van der Waals surface area contributed by atoms with Gasteiger partial charge in [0.05, 0.1) is 10.6 Å². The number of amides is 1. The first kappa shape index (κ1) is 28.7. The van der Waals surface area contributed by atoms with Crippen molar-refractivity contribution in [3.8, 4) is 0 Å². The summed E-state index contributed by atoms with van der Waals surface area (Å²) in [6.07, 6.45) is 3.80. The van der Waals surface area contributed by atoms with Crippen LogP contribution in [0, 0.1) is 11.6 Å². The zero-order chi connectivity index (χ0) is 28.2. The van der Waals surface area contributed by atoms with Crippen LogP contribution in [0.5, 0.6) is 0 Å². The fourth-order valence-electron chi connectivity index (χ4n) is 5.69. The van der Waals surface area contributed by atoms with Gasteiger partial charge in [0.15, 0.2) is 11.6 Å². The van der Waals surface area contributed by atoms with Crippen molar-refractivity contribution in [1.82, 2.24) is 20.1 Å². The molecule has 2 aliphatic rings. The normalized spacial score (nSPS) is 19.1. The van der Waals surface area contributed by atoms with Gasteiger partial charge in [0.2, 0.25) is 0 Å². The van der Waals surface area contributed by atoms with Crippen molar-refractivity contribution in [3.05, 3.63) is 93.1 Å². The van der Waals surface area contributed by atoms with E-state index in [-0.39, 0.29) is 13.9 Å². The number of nitrogens with one attached hydrogen (secondary N) is 1. The zero-order valence-electron chi connectivity index (χ0n) is 22.4. The van der Waals surface area contributed by atoms with Crippen LogP contribution in [0.25, 0.3) is 0 Å². The minimum Gasteiger partial charge on any atom is -0.353 e. The van der Waals surface area contributed by atoms with E-state index < -0.39 is 11.6 Å². The predicted molar refractivity (Wildman–Crippen MR) is 157 cm³/mol. The Kier molecular flexibility index (Phi) is 9.20. The molecular formula is C30H35Cl2F2N5O. The molecular weight excluding hydrogens is 555 g/mol. The lowest BCUT2D eigenvalue weighted by Gasteiger charge is -2.47. The average Bonchev–Trinajstić information content (AvgIpc) is 2.95. The van der Waals surface area contributed by atoms with Gasteiger partial charge in [-0.15, -0.1) is 0 Å². The van der Waals surface area contributed by atoms with Crippen molar-refractivity contribution in [2.45, 2.75) is 44.9 Å². The maximum Gasteiger partial charge on any atom is 0.253 e. The van der Waals surface area contributed by atoms with E-state index in [1.807, 2.05) is 12.1 Å². The summed E-state index contributed by atoms with van der Waals surface area (Å²) in [4.78, 5) is 24.4. The Morgan fingerprint density at radius 1 is 1.00 bits per heavy atom. The number of nitrogens with zero attached hydrogens (tertiary/aromatic N) is 4. The van der Waals surface area contributed by atoms with Gasteiger partial charge < -0.3 is 10.2 Å². The van der Waals surface area contributed by atoms with E-state index in [0.29, 0.717) is 34.1 Å². The molecule has 2 aromatic carbocycles. The molecule has 0 aliphatic carbocycles. The van der Waals surface area contributed by atoms with Gasteiger partial charge in [-0.2, -0.15) is 0 Å². The molecule has 1 aromatic heterocycles. The molecule has 214 valence electrons. The van der Waals surface area contributed by atoms with Crippen molar-refractivity contribution in [2.24, 2.45) is 0 Å². The molecule has 3 aromatic rings. The van der Waals surface area contributed by atoms with Crippen molar-refractivity contribution in [3.63, 3.8) is 0 Å². The van der Waals surface area contributed by atoms with Gasteiger partial charge in [0, 0.05) is 57.5 Å². The molecule has 0 saturated carbocycles. The van der Waals surface area contributed by atoms with Crippen LogP contribution in [0.15, 0.2) is 54.7 Å². The van der Waals surface area contributed by atoms with Gasteiger partial charge in [-0.25, -0.2) is 13.8 Å². The zero-order valence-corrected chi connectivity index (χ0v) is 23.9. The Bertz CT molecular complexity index is 1340. The standard InChI is InChI=1S/C30H33Cl2F2N5O.H2/c1-20-18-38(12-13-39(20)25-8-10-37(11-9-25)19-21-2-5-24(31)6-3-21)29-26(32)15-23(17-35-29)30(40)36-16-22-4-7-27(33)28(34)14-22;/h2-7,14-15,17,20,25H,8-13,16,18-19H2,1H3,(H,36,40);1H/t20-;/m0./s1. The van der Waals surface area contributed by atoms with E-state index in [2.05, 4.69) is 44.1 Å². The number of benzene rings is 2. The molecule has 2 fully saturated rings. The number of halogens is 4. The number of likely N-dealkylation sites (tertiary alicyclic amines) is 1. The third-order valence-corrected chi connectivity index (χ3v) is 8.38. The second-order valence-electron chi connectivity index (χ2n) is 10.6. The Morgan fingerprint density at radius 2 is 1.73 bits per heavy atom. The number of rotatable bonds is 7. The maximum absolute atomic E-state index is 13.4. The largest absolute Gasteiger partial charge is 0.353 e. The molecule has 40 heavy (non-hydrogen) atoms. The van der Waals surface area contributed by atoms with E-state index in [1.54, 1.807) is 6.07 Å². The van der Waals surface area contributed by atoms with E-state index in [4.69, 9.17) is 23.2 Å². The second kappa shape index (κ2) is 12.8. The molecule has 5 rings (SSSR count). The van der Waals surface area contributed by atoms with Gasteiger partial charge in [0.1, 0.15) is 5.82 Å². The van der Waals surface area contributed by atoms with Crippen LogP contribution in [0.4, 0.5) is 14.6 Å². The highest BCUT2D eigenvalue weighted by molar-refractivity contribution is 6.33. The molecule has 1 N–H and O–H groups in total. The molecule has 0 spiro atoms. The molecule has 1 amide bonds. The molecule has 2 aliphatic heterocycles. The number of anilines is 1. The fourth-order valence-corrected chi connectivity index (χ4v) is 6.10. The van der Waals surface area contributed by atoms with Crippen LogP contribution in [0.1, 0.15) is 42.7 Å². The Balaban J connectivity index is 0.00000387. The van der Waals surface area contributed by atoms with Crippen LogP contribution in [-0.2, 0) is 13.1 Å². The summed E-state index contributed by atoms with van der Waals surface area (Å²) in [5.74, 6) is -1.59. The monoisotopic (exact) mass is 589 g/mol. The van der Waals surface area contributed by atoms with Crippen molar-refractivity contribution in [2.75, 3.05) is 37.6 Å². The van der Waals surface area contributed by atoms with Gasteiger partial charge in [-0.05, 0) is 74.3 Å². The third kappa shape index (κ3) is 6.92. The molecule has 6 nitrogen and oxygen atoms in total.